The number of rotatable bonds is 5. The van der Waals surface area contributed by atoms with E-state index in [0.29, 0.717) is 21.5 Å². The molecule has 0 aliphatic carbocycles. The lowest BCUT2D eigenvalue weighted by Crippen LogP contribution is -2.15. The molecule has 8 heteroatoms. The predicted molar refractivity (Wildman–Crippen MR) is 83.7 cm³/mol. The largest absolute Gasteiger partial charge is 0.394 e. The lowest BCUT2D eigenvalue weighted by Gasteiger charge is -2.10. The highest BCUT2D eigenvalue weighted by atomic mass is 79.9. The van der Waals surface area contributed by atoms with Crippen LogP contribution in [-0.2, 0) is 16.6 Å². The Bertz CT molecular complexity index is 756. The average molecular weight is 374 g/mol. The summed E-state index contributed by atoms with van der Waals surface area (Å²) in [6.07, 6.45) is 0. The van der Waals surface area contributed by atoms with Gasteiger partial charge in [0.15, 0.2) is 0 Å². The van der Waals surface area contributed by atoms with Gasteiger partial charge in [-0.3, -0.25) is 9.40 Å². The van der Waals surface area contributed by atoms with E-state index in [1.807, 2.05) is 0 Å². The molecule has 0 saturated carbocycles. The monoisotopic (exact) mass is 373 g/mol. The number of para-hydroxylation sites is 1. The summed E-state index contributed by atoms with van der Waals surface area (Å²) in [5, 5.41) is 13.1. The van der Waals surface area contributed by atoms with Crippen LogP contribution < -0.4 is 4.72 Å². The van der Waals surface area contributed by atoms with Gasteiger partial charge in [0, 0.05) is 4.47 Å². The fraction of sp³-hybridized carbons (Fsp3) is 0.308. The molecule has 114 valence electrons. The van der Waals surface area contributed by atoms with Gasteiger partial charge in [-0.2, -0.15) is 5.10 Å². The first-order chi connectivity index (χ1) is 9.86. The summed E-state index contributed by atoms with van der Waals surface area (Å²) in [5.74, 6) is 0. The number of aromatic nitrogens is 2. The maximum absolute atomic E-state index is 12.6. The molecule has 1 aromatic heterocycles. The Morgan fingerprint density at radius 3 is 2.62 bits per heavy atom. The van der Waals surface area contributed by atoms with E-state index in [9.17, 15) is 8.42 Å². The zero-order valence-electron chi connectivity index (χ0n) is 11.7. The second-order valence-electron chi connectivity index (χ2n) is 4.53. The van der Waals surface area contributed by atoms with Gasteiger partial charge in [-0.15, -0.1) is 0 Å². The number of sulfonamides is 1. The minimum absolute atomic E-state index is 0.0981. The van der Waals surface area contributed by atoms with Crippen LogP contribution >= 0.6 is 15.9 Å². The summed E-state index contributed by atoms with van der Waals surface area (Å²) in [5.41, 5.74) is 1.37. The van der Waals surface area contributed by atoms with Crippen molar-refractivity contribution in [3.63, 3.8) is 0 Å². The molecule has 1 aromatic carbocycles. The van der Waals surface area contributed by atoms with E-state index in [0.717, 1.165) is 0 Å². The molecule has 0 aliphatic heterocycles. The smallest absolute Gasteiger partial charge is 0.265 e. The average Bonchev–Trinajstić information content (AvgIpc) is 2.68. The Morgan fingerprint density at radius 1 is 1.33 bits per heavy atom. The van der Waals surface area contributed by atoms with Crippen LogP contribution in [0.3, 0.4) is 0 Å². The number of hydrogen-bond acceptors (Lipinski definition) is 4. The third-order valence-electron chi connectivity index (χ3n) is 3.01. The number of halogens is 1. The predicted octanol–water partition coefficient (Wildman–Crippen LogP) is 2.06. The Labute approximate surface area is 132 Å². The van der Waals surface area contributed by atoms with Gasteiger partial charge in [0.05, 0.1) is 30.2 Å². The van der Waals surface area contributed by atoms with E-state index in [1.54, 1.807) is 38.1 Å². The molecule has 21 heavy (non-hydrogen) atoms. The highest BCUT2D eigenvalue weighted by Crippen LogP contribution is 2.27. The lowest BCUT2D eigenvalue weighted by atomic mass is 10.3. The fourth-order valence-electron chi connectivity index (χ4n) is 2.12. The molecule has 0 aliphatic rings. The molecule has 0 radical (unpaired) electrons. The third kappa shape index (κ3) is 3.28. The minimum atomic E-state index is -3.74. The highest BCUT2D eigenvalue weighted by molar-refractivity contribution is 9.10. The van der Waals surface area contributed by atoms with Crippen LogP contribution in [0.15, 0.2) is 33.6 Å². The molecule has 2 aromatic rings. The van der Waals surface area contributed by atoms with Crippen LogP contribution in [0.5, 0.6) is 0 Å². The number of nitrogens with zero attached hydrogens (tertiary/aromatic N) is 2. The van der Waals surface area contributed by atoms with Crippen molar-refractivity contribution in [1.82, 2.24) is 9.78 Å². The van der Waals surface area contributed by atoms with Gasteiger partial charge >= 0.3 is 0 Å². The van der Waals surface area contributed by atoms with Crippen molar-refractivity contribution in [3.05, 3.63) is 40.1 Å². The summed E-state index contributed by atoms with van der Waals surface area (Å²) < 4.78 is 29.8. The zero-order chi connectivity index (χ0) is 15.6. The van der Waals surface area contributed by atoms with Gasteiger partial charge in [-0.05, 0) is 41.9 Å². The molecule has 2 rings (SSSR count). The van der Waals surface area contributed by atoms with Gasteiger partial charge in [0.2, 0.25) is 0 Å². The van der Waals surface area contributed by atoms with Crippen LogP contribution in [0.4, 0.5) is 5.69 Å². The van der Waals surface area contributed by atoms with E-state index < -0.39 is 10.0 Å². The Balaban J connectivity index is 2.43. The number of anilines is 1. The quantitative estimate of drug-likeness (QED) is 0.839. The van der Waals surface area contributed by atoms with Gasteiger partial charge < -0.3 is 5.11 Å². The zero-order valence-corrected chi connectivity index (χ0v) is 14.1. The normalized spacial score (nSPS) is 11.6. The van der Waals surface area contributed by atoms with Crippen molar-refractivity contribution in [2.45, 2.75) is 25.3 Å². The molecule has 0 amide bonds. The summed E-state index contributed by atoms with van der Waals surface area (Å²) in [4.78, 5) is 0.145. The summed E-state index contributed by atoms with van der Waals surface area (Å²) in [6, 6.07) is 6.98. The van der Waals surface area contributed by atoms with E-state index >= 15 is 0 Å². The number of aryl methyl sites for hydroxylation is 1. The Hall–Kier alpha value is -1.38. The fourth-order valence-corrected chi connectivity index (χ4v) is 4.13. The van der Waals surface area contributed by atoms with Crippen molar-refractivity contribution in [3.8, 4) is 0 Å². The van der Waals surface area contributed by atoms with Crippen molar-refractivity contribution >= 4 is 31.6 Å². The summed E-state index contributed by atoms with van der Waals surface area (Å²) >= 11 is 3.31. The maximum Gasteiger partial charge on any atom is 0.265 e. The molecule has 0 bridgehead atoms. The highest BCUT2D eigenvalue weighted by Gasteiger charge is 2.25. The second-order valence-corrected chi connectivity index (χ2v) is 7.01. The molecule has 2 N–H and O–H groups in total. The lowest BCUT2D eigenvalue weighted by molar-refractivity contribution is 0.267. The molecule has 0 spiro atoms. The standard InChI is InChI=1S/C13H16BrN3O3S/c1-9-13(10(2)17(15-9)7-8-18)21(19,20)16-12-6-4-3-5-11(12)14/h3-6,16,18H,7-8H2,1-2H3. The van der Waals surface area contributed by atoms with Crippen LogP contribution in [-0.4, -0.2) is 29.9 Å². The molecule has 6 nitrogen and oxygen atoms in total. The first-order valence-electron chi connectivity index (χ1n) is 6.29. The van der Waals surface area contributed by atoms with Gasteiger partial charge in [0.1, 0.15) is 4.90 Å². The second kappa shape index (κ2) is 6.17. The number of hydrogen-bond donors (Lipinski definition) is 2. The number of aliphatic hydroxyl groups excluding tert-OH is 1. The number of aliphatic hydroxyl groups is 1. The number of nitrogens with one attached hydrogen (secondary N) is 1. The van der Waals surface area contributed by atoms with Gasteiger partial charge in [0.25, 0.3) is 10.0 Å². The minimum Gasteiger partial charge on any atom is -0.394 e. The molecule has 0 fully saturated rings. The van der Waals surface area contributed by atoms with Crippen molar-refractivity contribution < 1.29 is 13.5 Å². The summed E-state index contributed by atoms with van der Waals surface area (Å²) in [7, 11) is -3.74. The van der Waals surface area contributed by atoms with Crippen LogP contribution in [0.1, 0.15) is 11.4 Å². The van der Waals surface area contributed by atoms with Crippen molar-refractivity contribution in [2.75, 3.05) is 11.3 Å². The van der Waals surface area contributed by atoms with E-state index in [1.165, 1.54) is 4.68 Å². The first kappa shape index (κ1) is 16.0. The third-order valence-corrected chi connectivity index (χ3v) is 5.32. The number of benzene rings is 1. The van der Waals surface area contributed by atoms with Gasteiger partial charge in [-0.25, -0.2) is 8.42 Å². The van der Waals surface area contributed by atoms with Crippen molar-refractivity contribution in [1.29, 1.82) is 0 Å². The molecular formula is C13H16BrN3O3S. The molecule has 0 atom stereocenters. The van der Waals surface area contributed by atoms with Crippen LogP contribution in [0.2, 0.25) is 0 Å². The SMILES string of the molecule is Cc1nn(CCO)c(C)c1S(=O)(=O)Nc1ccccc1Br. The first-order valence-corrected chi connectivity index (χ1v) is 8.56. The molecule has 0 saturated heterocycles. The van der Waals surface area contributed by atoms with Gasteiger partial charge in [-0.1, -0.05) is 12.1 Å². The van der Waals surface area contributed by atoms with Crippen molar-refractivity contribution in [2.24, 2.45) is 0 Å². The Kier molecular flexibility index (Phi) is 4.70. The topological polar surface area (TPSA) is 84.2 Å². The summed E-state index contributed by atoms with van der Waals surface area (Å²) in [6.45, 7) is 3.47. The Morgan fingerprint density at radius 2 is 2.00 bits per heavy atom. The maximum atomic E-state index is 12.6. The molecule has 1 heterocycles. The van der Waals surface area contributed by atoms with Crippen LogP contribution in [0.25, 0.3) is 0 Å². The molecule has 0 unspecified atom stereocenters. The molecular weight excluding hydrogens is 358 g/mol. The van der Waals surface area contributed by atoms with Crippen LogP contribution in [0, 0.1) is 13.8 Å². The van der Waals surface area contributed by atoms with E-state index in [2.05, 4.69) is 25.8 Å². The van der Waals surface area contributed by atoms with E-state index in [-0.39, 0.29) is 18.0 Å². The van der Waals surface area contributed by atoms with E-state index in [4.69, 9.17) is 5.11 Å².